The van der Waals surface area contributed by atoms with Crippen LogP contribution in [0.1, 0.15) is 12.5 Å². The van der Waals surface area contributed by atoms with Crippen LogP contribution in [-0.2, 0) is 0 Å². The van der Waals surface area contributed by atoms with Crippen molar-refractivity contribution in [3.8, 4) is 11.5 Å². The average Bonchev–Trinajstić information content (AvgIpc) is 2.22. The number of rotatable bonds is 3. The lowest BCUT2D eigenvalue weighted by Gasteiger charge is -2.06. The molecule has 16 heavy (non-hydrogen) atoms. The van der Waals surface area contributed by atoms with Crippen LogP contribution >= 0.6 is 15.9 Å². The minimum absolute atomic E-state index is 0.0136. The molecule has 6 heteroatoms. The molecule has 1 aromatic rings. The number of ether oxygens (including phenoxy) is 1. The lowest BCUT2D eigenvalue weighted by molar-refractivity contribution is -0.422. The second-order valence-corrected chi connectivity index (χ2v) is 3.95. The average molecular weight is 288 g/mol. The standard InChI is InChI=1S/C10H10BrNO4/c1-6(12(14)15)3-7-4-8(11)10(13)9(5-7)16-2/h3-5,13H,1-2H3/b6-3+. The van der Waals surface area contributed by atoms with Gasteiger partial charge in [-0.05, 0) is 33.6 Å². The van der Waals surface area contributed by atoms with Gasteiger partial charge in [0.05, 0.1) is 16.5 Å². The Balaban J connectivity index is 3.22. The van der Waals surface area contributed by atoms with E-state index in [2.05, 4.69) is 15.9 Å². The Bertz CT molecular complexity index is 456. The Hall–Kier alpha value is -1.56. The van der Waals surface area contributed by atoms with Gasteiger partial charge in [0.15, 0.2) is 11.5 Å². The largest absolute Gasteiger partial charge is 0.503 e. The van der Waals surface area contributed by atoms with Gasteiger partial charge in [-0.1, -0.05) is 0 Å². The number of hydrogen-bond acceptors (Lipinski definition) is 4. The molecule has 1 N–H and O–H groups in total. The first-order valence-corrected chi connectivity index (χ1v) is 5.14. The molecule has 86 valence electrons. The minimum atomic E-state index is -0.479. The van der Waals surface area contributed by atoms with Crippen molar-refractivity contribution in [1.29, 1.82) is 0 Å². The normalized spacial score (nSPS) is 11.3. The first-order valence-electron chi connectivity index (χ1n) is 4.35. The van der Waals surface area contributed by atoms with E-state index < -0.39 is 4.92 Å². The van der Waals surface area contributed by atoms with Gasteiger partial charge in [0.2, 0.25) is 5.70 Å². The quantitative estimate of drug-likeness (QED) is 0.685. The third kappa shape index (κ3) is 2.73. The Morgan fingerprint density at radius 1 is 1.62 bits per heavy atom. The Morgan fingerprint density at radius 3 is 2.75 bits per heavy atom. The van der Waals surface area contributed by atoms with Crippen LogP contribution in [0.5, 0.6) is 11.5 Å². The summed E-state index contributed by atoms with van der Waals surface area (Å²) in [7, 11) is 1.41. The first-order chi connectivity index (χ1) is 7.45. The molecule has 0 aliphatic rings. The van der Waals surface area contributed by atoms with Gasteiger partial charge in [-0.15, -0.1) is 0 Å². The number of methoxy groups -OCH3 is 1. The van der Waals surface area contributed by atoms with Crippen molar-refractivity contribution in [3.05, 3.63) is 38.0 Å². The molecule has 0 amide bonds. The van der Waals surface area contributed by atoms with Crippen LogP contribution in [0, 0.1) is 10.1 Å². The maximum Gasteiger partial charge on any atom is 0.243 e. The molecule has 0 heterocycles. The summed E-state index contributed by atoms with van der Waals surface area (Å²) in [6.07, 6.45) is 1.40. The van der Waals surface area contributed by atoms with Gasteiger partial charge >= 0.3 is 0 Å². The number of phenolic OH excluding ortho intramolecular Hbond substituents is 1. The van der Waals surface area contributed by atoms with Crippen LogP contribution in [0.3, 0.4) is 0 Å². The highest BCUT2D eigenvalue weighted by molar-refractivity contribution is 9.10. The molecule has 1 rings (SSSR count). The van der Waals surface area contributed by atoms with E-state index in [-0.39, 0.29) is 17.2 Å². The predicted octanol–water partition coefficient (Wildman–Crippen LogP) is 2.80. The smallest absolute Gasteiger partial charge is 0.243 e. The minimum Gasteiger partial charge on any atom is -0.503 e. The second kappa shape index (κ2) is 4.98. The van der Waals surface area contributed by atoms with E-state index in [1.54, 1.807) is 6.07 Å². The number of phenols is 1. The molecule has 0 spiro atoms. The van der Waals surface area contributed by atoms with E-state index in [0.717, 1.165) is 0 Å². The molecule has 0 unspecified atom stereocenters. The maximum absolute atomic E-state index is 10.5. The molecular formula is C10H10BrNO4. The highest BCUT2D eigenvalue weighted by atomic mass is 79.9. The number of hydrogen-bond donors (Lipinski definition) is 1. The van der Waals surface area contributed by atoms with Crippen molar-refractivity contribution in [2.24, 2.45) is 0 Å². The zero-order valence-electron chi connectivity index (χ0n) is 8.73. The van der Waals surface area contributed by atoms with E-state index >= 15 is 0 Å². The van der Waals surface area contributed by atoms with Gasteiger partial charge in [0, 0.05) is 13.0 Å². The molecule has 1 aromatic carbocycles. The lowest BCUT2D eigenvalue weighted by atomic mass is 10.2. The number of nitro groups is 1. The summed E-state index contributed by atoms with van der Waals surface area (Å²) in [4.78, 5) is 9.98. The molecule has 0 saturated carbocycles. The molecule has 0 aliphatic carbocycles. The molecular weight excluding hydrogens is 278 g/mol. The molecule has 0 saturated heterocycles. The van der Waals surface area contributed by atoms with Crippen LogP contribution in [-0.4, -0.2) is 17.1 Å². The van der Waals surface area contributed by atoms with Crippen molar-refractivity contribution in [3.63, 3.8) is 0 Å². The van der Waals surface area contributed by atoms with Crippen LogP contribution in [0.4, 0.5) is 0 Å². The van der Waals surface area contributed by atoms with Crippen LogP contribution in [0.15, 0.2) is 22.3 Å². The monoisotopic (exact) mass is 287 g/mol. The van der Waals surface area contributed by atoms with E-state index in [9.17, 15) is 15.2 Å². The second-order valence-electron chi connectivity index (χ2n) is 3.10. The number of aromatic hydroxyl groups is 1. The van der Waals surface area contributed by atoms with Crippen molar-refractivity contribution in [2.45, 2.75) is 6.92 Å². The SMILES string of the molecule is COc1cc(/C=C(\C)[N+](=O)[O-])cc(Br)c1O. The fourth-order valence-corrected chi connectivity index (χ4v) is 1.59. The fraction of sp³-hybridized carbons (Fsp3) is 0.200. The van der Waals surface area contributed by atoms with Gasteiger partial charge in [-0.3, -0.25) is 10.1 Å². The molecule has 0 fully saturated rings. The van der Waals surface area contributed by atoms with Gasteiger partial charge < -0.3 is 9.84 Å². The maximum atomic E-state index is 10.5. The van der Waals surface area contributed by atoms with Crippen molar-refractivity contribution < 1.29 is 14.8 Å². The zero-order chi connectivity index (χ0) is 12.3. The Kier molecular flexibility index (Phi) is 3.89. The van der Waals surface area contributed by atoms with Crippen LogP contribution in [0.25, 0.3) is 6.08 Å². The van der Waals surface area contributed by atoms with Gasteiger partial charge in [0.25, 0.3) is 0 Å². The summed E-state index contributed by atoms with van der Waals surface area (Å²) in [6, 6.07) is 3.10. The van der Waals surface area contributed by atoms with Crippen molar-refractivity contribution in [2.75, 3.05) is 7.11 Å². The summed E-state index contributed by atoms with van der Waals surface area (Å²) in [5, 5.41) is 20.0. The molecule has 5 nitrogen and oxygen atoms in total. The predicted molar refractivity (Wildman–Crippen MR) is 63.0 cm³/mol. The van der Waals surface area contributed by atoms with Crippen molar-refractivity contribution in [1.82, 2.24) is 0 Å². The van der Waals surface area contributed by atoms with Crippen LogP contribution < -0.4 is 4.74 Å². The third-order valence-electron chi connectivity index (χ3n) is 1.93. The summed E-state index contributed by atoms with van der Waals surface area (Å²) in [5.74, 6) is 0.232. The number of halogens is 1. The third-order valence-corrected chi connectivity index (χ3v) is 2.54. The Morgan fingerprint density at radius 2 is 2.25 bits per heavy atom. The lowest BCUT2D eigenvalue weighted by Crippen LogP contribution is -1.93. The fourth-order valence-electron chi connectivity index (χ4n) is 1.13. The molecule has 0 radical (unpaired) electrons. The van der Waals surface area contributed by atoms with E-state index in [4.69, 9.17) is 4.74 Å². The molecule has 0 bridgehead atoms. The zero-order valence-corrected chi connectivity index (χ0v) is 10.3. The summed E-state index contributed by atoms with van der Waals surface area (Å²) >= 11 is 3.14. The molecule has 0 atom stereocenters. The van der Waals surface area contributed by atoms with Crippen molar-refractivity contribution >= 4 is 22.0 Å². The molecule has 0 aliphatic heterocycles. The first kappa shape index (κ1) is 12.5. The van der Waals surface area contributed by atoms with Gasteiger partial charge in [-0.2, -0.15) is 0 Å². The molecule has 0 aromatic heterocycles. The summed E-state index contributed by atoms with van der Waals surface area (Å²) in [5.41, 5.74) is 0.593. The van der Waals surface area contributed by atoms with E-state index in [1.807, 2.05) is 0 Å². The Labute approximate surface area is 101 Å². The number of allylic oxidation sites excluding steroid dienone is 1. The topological polar surface area (TPSA) is 72.6 Å². The van der Waals surface area contributed by atoms with E-state index in [1.165, 1.54) is 26.2 Å². The summed E-state index contributed by atoms with van der Waals surface area (Å²) in [6.45, 7) is 1.40. The van der Waals surface area contributed by atoms with Gasteiger partial charge in [0.1, 0.15) is 0 Å². The highest BCUT2D eigenvalue weighted by Crippen LogP contribution is 2.35. The van der Waals surface area contributed by atoms with E-state index in [0.29, 0.717) is 10.0 Å². The summed E-state index contributed by atoms with van der Waals surface area (Å²) < 4.78 is 5.35. The number of nitrogens with zero attached hydrogens (tertiary/aromatic N) is 1. The highest BCUT2D eigenvalue weighted by Gasteiger charge is 2.09. The van der Waals surface area contributed by atoms with Crippen LogP contribution in [0.2, 0.25) is 0 Å². The van der Waals surface area contributed by atoms with Gasteiger partial charge in [-0.25, -0.2) is 0 Å². The number of benzene rings is 1.